The van der Waals surface area contributed by atoms with Gasteiger partial charge in [-0.05, 0) is 49.8 Å². The van der Waals surface area contributed by atoms with Crippen LogP contribution in [0.3, 0.4) is 0 Å². The van der Waals surface area contributed by atoms with E-state index in [1.54, 1.807) is 16.8 Å². The lowest BCUT2D eigenvalue weighted by molar-refractivity contribution is 0.296. The van der Waals surface area contributed by atoms with Crippen LogP contribution >= 0.6 is 0 Å². The Kier molecular flexibility index (Phi) is 4.98. The van der Waals surface area contributed by atoms with Crippen LogP contribution in [0.2, 0.25) is 0 Å². The zero-order valence-electron chi connectivity index (χ0n) is 17.4. The Morgan fingerprint density at radius 3 is 2.47 bits per heavy atom. The average Bonchev–Trinajstić information content (AvgIpc) is 3.37. The van der Waals surface area contributed by atoms with E-state index in [-0.39, 0.29) is 5.82 Å². The van der Waals surface area contributed by atoms with E-state index in [0.29, 0.717) is 24.4 Å². The van der Waals surface area contributed by atoms with E-state index < -0.39 is 0 Å². The monoisotopic (exact) mass is 406 g/mol. The first-order valence-corrected chi connectivity index (χ1v) is 10.6. The summed E-state index contributed by atoms with van der Waals surface area (Å²) in [4.78, 5) is 2.40. The van der Waals surface area contributed by atoms with Crippen molar-refractivity contribution in [2.24, 2.45) is 18.9 Å². The third-order valence-electron chi connectivity index (χ3n) is 6.48. The first-order chi connectivity index (χ1) is 14.5. The number of fused-ring (bicyclic) bond motifs is 1. The number of anilines is 1. The molecule has 1 aliphatic heterocycles. The molecule has 1 aromatic carbocycles. The highest BCUT2D eigenvalue weighted by Crippen LogP contribution is 2.39. The van der Waals surface area contributed by atoms with Crippen LogP contribution < -0.4 is 5.32 Å². The first-order valence-electron chi connectivity index (χ1n) is 10.6. The topological polar surface area (TPSA) is 58.9 Å². The molecule has 1 saturated carbocycles. The maximum Gasteiger partial charge on any atom is 0.148 e. The standard InChI is InChI=1S/C23H27FN6/c1-15-20(14-29(2)28-15)22-7-8-23(27-26-22)25-19-9-17-12-30(13-18(17)10-19)11-16-5-3-4-6-21(16)24/h3-8,14,17-19H,9-13H2,1-2H3,(H,25,27). The van der Waals surface area contributed by atoms with Crippen LogP contribution in [0.4, 0.5) is 10.2 Å². The predicted octanol–water partition coefficient (Wildman–Crippen LogP) is 3.65. The molecule has 3 heterocycles. The van der Waals surface area contributed by atoms with Gasteiger partial charge in [0.15, 0.2) is 0 Å². The van der Waals surface area contributed by atoms with Crippen molar-refractivity contribution in [2.75, 3.05) is 18.4 Å². The summed E-state index contributed by atoms with van der Waals surface area (Å²) in [6.45, 7) is 4.78. The van der Waals surface area contributed by atoms with E-state index in [1.165, 1.54) is 0 Å². The summed E-state index contributed by atoms with van der Waals surface area (Å²) in [7, 11) is 1.91. The molecule has 1 saturated heterocycles. The molecule has 1 N–H and O–H groups in total. The Morgan fingerprint density at radius 1 is 1.07 bits per heavy atom. The number of benzene rings is 1. The van der Waals surface area contributed by atoms with Crippen LogP contribution in [-0.2, 0) is 13.6 Å². The summed E-state index contributed by atoms with van der Waals surface area (Å²) in [5.74, 6) is 2.06. The van der Waals surface area contributed by atoms with Gasteiger partial charge >= 0.3 is 0 Å². The van der Waals surface area contributed by atoms with Crippen molar-refractivity contribution in [3.63, 3.8) is 0 Å². The average molecular weight is 407 g/mol. The van der Waals surface area contributed by atoms with Gasteiger partial charge in [0.1, 0.15) is 11.6 Å². The predicted molar refractivity (Wildman–Crippen MR) is 114 cm³/mol. The summed E-state index contributed by atoms with van der Waals surface area (Å²) in [6, 6.07) is 11.5. The van der Waals surface area contributed by atoms with Crippen molar-refractivity contribution in [2.45, 2.75) is 32.4 Å². The number of hydrogen-bond donors (Lipinski definition) is 1. The summed E-state index contributed by atoms with van der Waals surface area (Å²) in [6.07, 6.45) is 4.23. The van der Waals surface area contributed by atoms with Gasteiger partial charge < -0.3 is 5.32 Å². The molecule has 1 aliphatic carbocycles. The zero-order valence-corrected chi connectivity index (χ0v) is 17.4. The maximum absolute atomic E-state index is 13.9. The molecule has 7 heteroatoms. The molecule has 2 aliphatic rings. The second kappa shape index (κ2) is 7.80. The lowest BCUT2D eigenvalue weighted by Crippen LogP contribution is -2.25. The Hall–Kier alpha value is -2.80. The van der Waals surface area contributed by atoms with Crippen molar-refractivity contribution in [3.8, 4) is 11.3 Å². The molecule has 3 aromatic rings. The lowest BCUT2D eigenvalue weighted by Gasteiger charge is -2.20. The molecule has 2 fully saturated rings. The van der Waals surface area contributed by atoms with E-state index in [4.69, 9.17) is 0 Å². The van der Waals surface area contributed by atoms with Gasteiger partial charge in [-0.3, -0.25) is 9.58 Å². The molecule has 156 valence electrons. The molecule has 6 nitrogen and oxygen atoms in total. The van der Waals surface area contributed by atoms with Gasteiger partial charge in [0.05, 0.1) is 11.4 Å². The number of likely N-dealkylation sites (tertiary alicyclic amines) is 1. The van der Waals surface area contributed by atoms with Crippen LogP contribution in [0, 0.1) is 24.6 Å². The highest BCUT2D eigenvalue weighted by Gasteiger charge is 2.40. The molecule has 0 amide bonds. The molecule has 5 rings (SSSR count). The van der Waals surface area contributed by atoms with Crippen molar-refractivity contribution >= 4 is 5.82 Å². The Bertz CT molecular complexity index is 1020. The first kappa shape index (κ1) is 19.2. The summed E-state index contributed by atoms with van der Waals surface area (Å²) in [5.41, 5.74) is 3.61. The molecular weight excluding hydrogens is 379 g/mol. The Morgan fingerprint density at radius 2 is 1.83 bits per heavy atom. The number of nitrogens with zero attached hydrogens (tertiary/aromatic N) is 5. The van der Waals surface area contributed by atoms with Crippen LogP contribution in [0.5, 0.6) is 0 Å². The molecule has 2 unspecified atom stereocenters. The van der Waals surface area contributed by atoms with Gasteiger partial charge in [-0.2, -0.15) is 5.10 Å². The highest BCUT2D eigenvalue weighted by molar-refractivity contribution is 5.61. The number of aromatic nitrogens is 4. The number of aryl methyl sites for hydroxylation is 2. The SMILES string of the molecule is Cc1nn(C)cc1-c1ccc(NC2CC3CN(Cc4ccccc4F)CC3C2)nn1. The molecule has 2 atom stereocenters. The molecular formula is C23H27FN6. The van der Waals surface area contributed by atoms with Gasteiger partial charge in [0.25, 0.3) is 0 Å². The van der Waals surface area contributed by atoms with Crippen molar-refractivity contribution in [1.82, 2.24) is 24.9 Å². The lowest BCUT2D eigenvalue weighted by atomic mass is 10.0. The van der Waals surface area contributed by atoms with Crippen LogP contribution in [0.15, 0.2) is 42.6 Å². The quantitative estimate of drug-likeness (QED) is 0.701. The maximum atomic E-state index is 13.9. The zero-order chi connectivity index (χ0) is 20.7. The van der Waals surface area contributed by atoms with Crippen LogP contribution in [0.25, 0.3) is 11.3 Å². The summed E-state index contributed by atoms with van der Waals surface area (Å²) < 4.78 is 15.7. The van der Waals surface area contributed by atoms with E-state index in [9.17, 15) is 4.39 Å². The van der Waals surface area contributed by atoms with E-state index in [0.717, 1.165) is 54.3 Å². The second-order valence-corrected chi connectivity index (χ2v) is 8.72. The fourth-order valence-electron chi connectivity index (χ4n) is 5.12. The summed E-state index contributed by atoms with van der Waals surface area (Å²) >= 11 is 0. The van der Waals surface area contributed by atoms with Gasteiger partial charge in [0, 0.05) is 50.0 Å². The molecule has 2 aromatic heterocycles. The second-order valence-electron chi connectivity index (χ2n) is 8.72. The normalized spacial score (nSPS) is 23.6. The number of rotatable bonds is 5. The smallest absolute Gasteiger partial charge is 0.148 e. The molecule has 0 spiro atoms. The minimum atomic E-state index is -0.0994. The molecule has 0 radical (unpaired) electrons. The number of nitrogens with one attached hydrogen (secondary N) is 1. The van der Waals surface area contributed by atoms with E-state index in [2.05, 4.69) is 25.5 Å². The largest absolute Gasteiger partial charge is 0.366 e. The van der Waals surface area contributed by atoms with Crippen LogP contribution in [-0.4, -0.2) is 44.0 Å². The molecule has 0 bridgehead atoms. The Labute approximate surface area is 176 Å². The van der Waals surface area contributed by atoms with Crippen LogP contribution in [0.1, 0.15) is 24.1 Å². The van der Waals surface area contributed by atoms with Crippen molar-refractivity contribution in [3.05, 3.63) is 59.7 Å². The third kappa shape index (κ3) is 3.81. The molecule has 30 heavy (non-hydrogen) atoms. The van der Waals surface area contributed by atoms with Crippen molar-refractivity contribution in [1.29, 1.82) is 0 Å². The van der Waals surface area contributed by atoms with Crippen molar-refractivity contribution < 1.29 is 4.39 Å². The summed E-state index contributed by atoms with van der Waals surface area (Å²) in [5, 5.41) is 16.7. The van der Waals surface area contributed by atoms with Gasteiger partial charge in [-0.15, -0.1) is 10.2 Å². The third-order valence-corrected chi connectivity index (χ3v) is 6.48. The number of hydrogen-bond acceptors (Lipinski definition) is 5. The fourth-order valence-corrected chi connectivity index (χ4v) is 5.12. The van der Waals surface area contributed by atoms with Gasteiger partial charge in [0.2, 0.25) is 0 Å². The number of halogens is 1. The fraction of sp³-hybridized carbons (Fsp3) is 0.435. The van der Waals surface area contributed by atoms with E-state index >= 15 is 0 Å². The Balaban J connectivity index is 1.16. The minimum Gasteiger partial charge on any atom is -0.366 e. The minimum absolute atomic E-state index is 0.0994. The van der Waals surface area contributed by atoms with E-state index in [1.807, 2.05) is 44.4 Å². The highest BCUT2D eigenvalue weighted by atomic mass is 19.1. The van der Waals surface area contributed by atoms with Gasteiger partial charge in [-0.1, -0.05) is 18.2 Å². The van der Waals surface area contributed by atoms with Gasteiger partial charge in [-0.25, -0.2) is 4.39 Å².